The SMILES string of the molecule is C[C@@H](N1CCN(c2cccc(OCCN3CCOCC3)n2)CC1)[C@](O)(Cn1cncn1)c1ccc(F)cc1F. The number of pyridine rings is 1. The van der Waals surface area contributed by atoms with Crippen LogP contribution in [0.1, 0.15) is 12.5 Å². The van der Waals surface area contributed by atoms with E-state index >= 15 is 0 Å². The smallest absolute Gasteiger partial charge is 0.215 e. The van der Waals surface area contributed by atoms with Crippen LogP contribution in [0.4, 0.5) is 14.6 Å². The van der Waals surface area contributed by atoms with Gasteiger partial charge in [0.25, 0.3) is 0 Å². The van der Waals surface area contributed by atoms with Crippen molar-refractivity contribution in [1.29, 1.82) is 0 Å². The largest absolute Gasteiger partial charge is 0.476 e. The monoisotopic (exact) mass is 543 g/mol. The van der Waals surface area contributed by atoms with Crippen LogP contribution in [0.5, 0.6) is 5.88 Å². The fourth-order valence-corrected chi connectivity index (χ4v) is 5.25. The number of rotatable bonds is 10. The van der Waals surface area contributed by atoms with Gasteiger partial charge in [-0.05, 0) is 19.1 Å². The number of anilines is 1. The molecule has 0 amide bonds. The maximum absolute atomic E-state index is 14.9. The fraction of sp³-hybridized carbons (Fsp3) is 0.519. The van der Waals surface area contributed by atoms with Crippen LogP contribution in [-0.4, -0.2) is 106 Å². The Balaban J connectivity index is 1.22. The van der Waals surface area contributed by atoms with Crippen LogP contribution in [0.15, 0.2) is 49.1 Å². The van der Waals surface area contributed by atoms with Crippen molar-refractivity contribution in [3.8, 4) is 5.88 Å². The van der Waals surface area contributed by atoms with E-state index in [4.69, 9.17) is 14.5 Å². The molecule has 0 saturated carbocycles. The fourth-order valence-electron chi connectivity index (χ4n) is 5.25. The maximum atomic E-state index is 14.9. The number of aliphatic hydroxyl groups is 1. The first-order valence-corrected chi connectivity index (χ1v) is 13.3. The lowest BCUT2D eigenvalue weighted by atomic mass is 9.85. The van der Waals surface area contributed by atoms with E-state index < -0.39 is 23.3 Å². The van der Waals surface area contributed by atoms with Gasteiger partial charge in [-0.1, -0.05) is 12.1 Å². The molecule has 210 valence electrons. The van der Waals surface area contributed by atoms with Crippen molar-refractivity contribution in [3.05, 3.63) is 66.3 Å². The Morgan fingerprint density at radius 1 is 1.08 bits per heavy atom. The molecule has 4 heterocycles. The third-order valence-electron chi connectivity index (χ3n) is 7.61. The highest BCUT2D eigenvalue weighted by atomic mass is 19.1. The third-order valence-corrected chi connectivity index (χ3v) is 7.61. The average molecular weight is 544 g/mol. The van der Waals surface area contributed by atoms with Gasteiger partial charge in [-0.3, -0.25) is 9.80 Å². The molecule has 2 saturated heterocycles. The van der Waals surface area contributed by atoms with E-state index in [0.29, 0.717) is 38.7 Å². The molecule has 1 N–H and O–H groups in total. The minimum Gasteiger partial charge on any atom is -0.476 e. The van der Waals surface area contributed by atoms with E-state index in [1.54, 1.807) is 0 Å². The molecule has 2 atom stereocenters. The first kappa shape index (κ1) is 27.4. The van der Waals surface area contributed by atoms with Crippen LogP contribution >= 0.6 is 0 Å². The second-order valence-corrected chi connectivity index (χ2v) is 9.98. The molecule has 12 heteroatoms. The van der Waals surface area contributed by atoms with Crippen molar-refractivity contribution >= 4 is 5.82 Å². The normalized spacial score (nSPS) is 19.5. The van der Waals surface area contributed by atoms with Crippen LogP contribution in [0.2, 0.25) is 0 Å². The summed E-state index contributed by atoms with van der Waals surface area (Å²) in [5.41, 5.74) is -1.64. The van der Waals surface area contributed by atoms with Crippen LogP contribution in [0, 0.1) is 11.6 Å². The summed E-state index contributed by atoms with van der Waals surface area (Å²) >= 11 is 0. The van der Waals surface area contributed by atoms with Gasteiger partial charge in [0.15, 0.2) is 0 Å². The standard InChI is InChI=1S/C27H35F2N7O3/c1-21(27(37,18-36-20-30-19-31-36)23-6-5-22(28)17-24(23)29)34-7-9-35(10-8-34)25-3-2-4-26(32-25)39-16-13-33-11-14-38-15-12-33/h2-6,17,19-21,37H,7-16,18H2,1H3/t21-,27-/m1/s1. The van der Waals surface area contributed by atoms with E-state index in [9.17, 15) is 13.9 Å². The van der Waals surface area contributed by atoms with E-state index in [1.807, 2.05) is 25.1 Å². The lowest BCUT2D eigenvalue weighted by molar-refractivity contribution is -0.0650. The van der Waals surface area contributed by atoms with Crippen molar-refractivity contribution in [2.24, 2.45) is 0 Å². The number of piperazine rings is 1. The minimum absolute atomic E-state index is 0.0255. The first-order valence-electron chi connectivity index (χ1n) is 13.3. The van der Waals surface area contributed by atoms with Gasteiger partial charge in [0.1, 0.15) is 42.3 Å². The number of morpholine rings is 1. The molecule has 10 nitrogen and oxygen atoms in total. The Bertz CT molecular complexity index is 1200. The number of hydrogen-bond acceptors (Lipinski definition) is 9. The molecule has 0 unspecified atom stereocenters. The van der Waals surface area contributed by atoms with Crippen LogP contribution in [0.25, 0.3) is 0 Å². The molecular formula is C27H35F2N7O3. The van der Waals surface area contributed by atoms with Gasteiger partial charge >= 0.3 is 0 Å². The zero-order valence-corrected chi connectivity index (χ0v) is 22.1. The van der Waals surface area contributed by atoms with Crippen LogP contribution < -0.4 is 9.64 Å². The quantitative estimate of drug-likeness (QED) is 0.411. The molecule has 39 heavy (non-hydrogen) atoms. The predicted octanol–water partition coefficient (Wildman–Crippen LogP) is 1.76. The lowest BCUT2D eigenvalue weighted by Crippen LogP contribution is -2.57. The van der Waals surface area contributed by atoms with Crippen LogP contribution in [-0.2, 0) is 16.9 Å². The Morgan fingerprint density at radius 3 is 2.59 bits per heavy atom. The minimum atomic E-state index is -1.67. The van der Waals surface area contributed by atoms with Crippen molar-refractivity contribution in [2.75, 3.05) is 70.5 Å². The van der Waals surface area contributed by atoms with Gasteiger partial charge in [-0.15, -0.1) is 0 Å². The Labute approximate surface area is 226 Å². The molecule has 0 bridgehead atoms. The van der Waals surface area contributed by atoms with Gasteiger partial charge in [-0.25, -0.2) is 18.4 Å². The summed E-state index contributed by atoms with van der Waals surface area (Å²) in [5, 5.41) is 16.0. The Hall–Kier alpha value is -3.19. The summed E-state index contributed by atoms with van der Waals surface area (Å²) in [6, 6.07) is 8.54. The van der Waals surface area contributed by atoms with Crippen molar-refractivity contribution in [3.63, 3.8) is 0 Å². The van der Waals surface area contributed by atoms with Crippen molar-refractivity contribution in [1.82, 2.24) is 29.5 Å². The molecule has 2 fully saturated rings. The summed E-state index contributed by atoms with van der Waals surface area (Å²) in [7, 11) is 0. The van der Waals surface area contributed by atoms with Gasteiger partial charge < -0.3 is 19.5 Å². The van der Waals surface area contributed by atoms with Crippen molar-refractivity contribution in [2.45, 2.75) is 25.1 Å². The van der Waals surface area contributed by atoms with Crippen molar-refractivity contribution < 1.29 is 23.4 Å². The zero-order valence-electron chi connectivity index (χ0n) is 22.1. The molecule has 0 radical (unpaired) electrons. The van der Waals surface area contributed by atoms with Gasteiger partial charge in [-0.2, -0.15) is 10.1 Å². The van der Waals surface area contributed by atoms with Gasteiger partial charge in [0.2, 0.25) is 5.88 Å². The van der Waals surface area contributed by atoms with Gasteiger partial charge in [0.05, 0.1) is 19.8 Å². The molecule has 1 aromatic carbocycles. The Morgan fingerprint density at radius 2 is 1.87 bits per heavy atom. The van der Waals surface area contributed by atoms with E-state index in [-0.39, 0.29) is 12.1 Å². The highest BCUT2D eigenvalue weighted by molar-refractivity contribution is 5.41. The molecule has 2 aliphatic heterocycles. The highest BCUT2D eigenvalue weighted by Crippen LogP contribution is 2.33. The summed E-state index contributed by atoms with van der Waals surface area (Å²) in [6.07, 6.45) is 2.83. The lowest BCUT2D eigenvalue weighted by Gasteiger charge is -2.45. The molecule has 0 spiro atoms. The number of halogens is 2. The van der Waals surface area contributed by atoms with E-state index in [1.165, 1.54) is 23.4 Å². The van der Waals surface area contributed by atoms with Gasteiger partial charge in [0, 0.05) is 69.6 Å². The molecule has 3 aromatic rings. The molecule has 2 aromatic heterocycles. The molecule has 0 aliphatic carbocycles. The highest BCUT2D eigenvalue weighted by Gasteiger charge is 2.42. The maximum Gasteiger partial charge on any atom is 0.215 e. The average Bonchev–Trinajstić information content (AvgIpc) is 3.46. The molecule has 2 aliphatic rings. The Kier molecular flexibility index (Phi) is 8.66. The third kappa shape index (κ3) is 6.52. The second-order valence-electron chi connectivity index (χ2n) is 9.98. The van der Waals surface area contributed by atoms with E-state index in [0.717, 1.165) is 50.8 Å². The topological polar surface area (TPSA) is 92.0 Å². The predicted molar refractivity (Wildman–Crippen MR) is 141 cm³/mol. The summed E-state index contributed by atoms with van der Waals surface area (Å²) in [5.74, 6) is -0.0719. The molecular weight excluding hydrogens is 508 g/mol. The zero-order chi connectivity index (χ0) is 27.2. The number of aromatic nitrogens is 4. The second kappa shape index (κ2) is 12.3. The number of hydrogen-bond donors (Lipinski definition) is 1. The summed E-state index contributed by atoms with van der Waals surface area (Å²) < 4.78 is 41.4. The number of ether oxygens (including phenoxy) is 2. The summed E-state index contributed by atoms with van der Waals surface area (Å²) in [4.78, 5) is 15.2. The number of nitrogens with zero attached hydrogens (tertiary/aromatic N) is 7. The summed E-state index contributed by atoms with van der Waals surface area (Å²) in [6.45, 7) is 9.15. The molecule has 5 rings (SSSR count). The first-order chi connectivity index (χ1) is 18.9. The number of benzene rings is 1. The van der Waals surface area contributed by atoms with E-state index in [2.05, 4.69) is 24.8 Å². The van der Waals surface area contributed by atoms with Crippen LogP contribution in [0.3, 0.4) is 0 Å².